The molecule has 2 unspecified atom stereocenters. The van der Waals surface area contributed by atoms with Gasteiger partial charge in [-0.3, -0.25) is 19.0 Å². The maximum atomic E-state index is 14.2. The van der Waals surface area contributed by atoms with Crippen LogP contribution in [0.1, 0.15) is 42.7 Å². The molecule has 5 rings (SSSR count). The predicted molar refractivity (Wildman–Crippen MR) is 166 cm³/mol. The molecule has 1 amide bonds. The van der Waals surface area contributed by atoms with Crippen LogP contribution in [0.25, 0.3) is 22.4 Å². The summed E-state index contributed by atoms with van der Waals surface area (Å²) >= 11 is 3.54. The van der Waals surface area contributed by atoms with Gasteiger partial charge in [0.2, 0.25) is 5.91 Å². The van der Waals surface area contributed by atoms with E-state index < -0.39 is 17.6 Å². The van der Waals surface area contributed by atoms with Crippen LogP contribution in [0.15, 0.2) is 79.0 Å². The number of amides is 1. The highest BCUT2D eigenvalue weighted by molar-refractivity contribution is 7.78. The first kappa shape index (κ1) is 34.3. The molecule has 0 spiro atoms. The zero-order valence-corrected chi connectivity index (χ0v) is 25.1. The zero-order chi connectivity index (χ0) is 32.3. The first-order valence-electron chi connectivity index (χ1n) is 13.8. The summed E-state index contributed by atoms with van der Waals surface area (Å²) in [6.07, 6.45) is 0.302. The number of rotatable bonds is 5. The van der Waals surface area contributed by atoms with Gasteiger partial charge in [-0.2, -0.15) is 18.3 Å². The molecule has 3 aromatic carbocycles. The van der Waals surface area contributed by atoms with E-state index in [0.717, 1.165) is 52.9 Å². The van der Waals surface area contributed by atoms with Crippen molar-refractivity contribution >= 4 is 30.9 Å². The molecular weight excluding hydrogens is 596 g/mol. The summed E-state index contributed by atoms with van der Waals surface area (Å²) in [4.78, 5) is 21.2. The van der Waals surface area contributed by atoms with E-state index in [-0.39, 0.29) is 29.9 Å². The monoisotopic (exact) mass is 630 g/mol. The molecule has 1 saturated carbocycles. The van der Waals surface area contributed by atoms with E-state index in [1.165, 1.54) is 0 Å². The second-order valence-corrected chi connectivity index (χ2v) is 10.6. The zero-order valence-electron chi connectivity index (χ0n) is 24.2. The van der Waals surface area contributed by atoms with Gasteiger partial charge in [0, 0.05) is 24.7 Å². The molecule has 44 heavy (non-hydrogen) atoms. The molecule has 1 heterocycles. The Labute approximate surface area is 258 Å². The number of hydrogen-bond acceptors (Lipinski definition) is 5. The first-order valence-corrected chi connectivity index (χ1v) is 14.2. The topological polar surface area (TPSA) is 96.3 Å². The Balaban J connectivity index is 0.000000816. The van der Waals surface area contributed by atoms with Crippen molar-refractivity contribution in [1.29, 1.82) is 0 Å². The van der Waals surface area contributed by atoms with Crippen LogP contribution in [0.5, 0.6) is 0 Å². The molecule has 0 bridgehead atoms. The van der Waals surface area contributed by atoms with Gasteiger partial charge in [0.15, 0.2) is 0 Å². The van der Waals surface area contributed by atoms with E-state index in [0.29, 0.717) is 18.9 Å². The lowest BCUT2D eigenvalue weighted by molar-refractivity contribution is -0.137. The summed E-state index contributed by atoms with van der Waals surface area (Å²) in [7, 11) is 3.63. The van der Waals surface area contributed by atoms with Crippen LogP contribution >= 0.6 is 12.8 Å². The third-order valence-corrected chi connectivity index (χ3v) is 7.19. The lowest BCUT2D eigenvalue weighted by Crippen LogP contribution is -2.28. The maximum Gasteiger partial charge on any atom is 0.416 e. The highest BCUT2D eigenvalue weighted by Crippen LogP contribution is 2.38. The van der Waals surface area contributed by atoms with Gasteiger partial charge in [0.1, 0.15) is 5.82 Å². The molecule has 1 aromatic heterocycles. The number of carbonyl (C=O) groups is 2. The molecule has 0 saturated heterocycles. The third-order valence-electron chi connectivity index (χ3n) is 7.19. The fourth-order valence-corrected chi connectivity index (χ4v) is 5.13. The van der Waals surface area contributed by atoms with Crippen molar-refractivity contribution in [2.45, 2.75) is 37.8 Å². The Morgan fingerprint density at radius 3 is 2.27 bits per heavy atom. The van der Waals surface area contributed by atoms with E-state index >= 15 is 0 Å². The van der Waals surface area contributed by atoms with Crippen LogP contribution in [0, 0.1) is 11.7 Å². The van der Waals surface area contributed by atoms with Crippen molar-refractivity contribution in [3.8, 4) is 22.4 Å². The molecule has 3 N–H and O–H groups in total. The molecule has 234 valence electrons. The summed E-state index contributed by atoms with van der Waals surface area (Å²) in [5, 5.41) is 13.9. The van der Waals surface area contributed by atoms with Gasteiger partial charge in [-0.15, -0.1) is 0 Å². The molecule has 7 nitrogen and oxygen atoms in total. The van der Waals surface area contributed by atoms with E-state index in [1.807, 2.05) is 31.4 Å². The minimum atomic E-state index is -4.64. The molecule has 4 aromatic rings. The number of anilines is 1. The van der Waals surface area contributed by atoms with Crippen molar-refractivity contribution in [3.05, 3.63) is 95.9 Å². The van der Waals surface area contributed by atoms with Crippen LogP contribution in [0.4, 0.5) is 23.2 Å². The largest absolute Gasteiger partial charge is 0.483 e. The quantitative estimate of drug-likeness (QED) is 0.104. The van der Waals surface area contributed by atoms with E-state index in [4.69, 9.17) is 9.90 Å². The van der Waals surface area contributed by atoms with E-state index in [9.17, 15) is 22.4 Å². The molecule has 0 radical (unpaired) electrons. The third kappa shape index (κ3) is 9.42. The minimum Gasteiger partial charge on any atom is -0.483 e. The molecule has 1 aliphatic carbocycles. The first-order chi connectivity index (χ1) is 21.0. The van der Waals surface area contributed by atoms with Crippen molar-refractivity contribution in [2.75, 3.05) is 12.4 Å². The van der Waals surface area contributed by atoms with Gasteiger partial charge in [-0.05, 0) is 79.3 Å². The number of nitrogens with one attached hydrogen (secondary N) is 2. The van der Waals surface area contributed by atoms with Gasteiger partial charge in [-0.25, -0.2) is 4.39 Å². The standard InChI is InChI=1S/C30H27F4N3O.CH5NS.CH2O2/c1-37-15-14-27(36-37)23-6-2-4-21(16-23)19-8-10-20(11-9-19)22-5-3-7-24(17-22)29(38)35-28-13-12-25(18-26(28)31)30(32,33)34;1-2-3;2-1-3/h2,4,6,8-16,18,22,24H,3,5,7,17H2,1H3,(H,35,38);2-3H,1H3;1H,(H,2,3). The van der Waals surface area contributed by atoms with Crippen LogP contribution in [-0.2, 0) is 22.8 Å². The van der Waals surface area contributed by atoms with Crippen molar-refractivity contribution < 1.29 is 32.3 Å². The van der Waals surface area contributed by atoms with Gasteiger partial charge in [0.25, 0.3) is 6.47 Å². The van der Waals surface area contributed by atoms with Crippen molar-refractivity contribution in [2.24, 2.45) is 13.0 Å². The maximum absolute atomic E-state index is 14.2. The number of aryl methyl sites for hydroxylation is 1. The Morgan fingerprint density at radius 2 is 1.68 bits per heavy atom. The molecule has 1 fully saturated rings. The number of halogens is 4. The van der Waals surface area contributed by atoms with E-state index in [2.05, 4.69) is 64.4 Å². The Morgan fingerprint density at radius 1 is 1.02 bits per heavy atom. The van der Waals surface area contributed by atoms with Crippen LogP contribution in [0.2, 0.25) is 0 Å². The van der Waals surface area contributed by atoms with Gasteiger partial charge >= 0.3 is 6.18 Å². The summed E-state index contributed by atoms with van der Waals surface area (Å²) in [5.41, 5.74) is 3.92. The number of hydrogen-bond donors (Lipinski definition) is 4. The number of nitrogens with zero attached hydrogens (tertiary/aromatic N) is 2. The van der Waals surface area contributed by atoms with E-state index in [1.54, 1.807) is 11.7 Å². The SMILES string of the molecule is CNS.Cn1ccc(-c2cccc(-c3ccc(C4CCCC(C(=O)Nc5ccc(C(F)(F)F)cc5F)C4)cc3)c2)n1.O=CO. The Kier molecular flexibility index (Phi) is 12.5. The highest BCUT2D eigenvalue weighted by atomic mass is 32.1. The fraction of sp³-hybridized carbons (Fsp3) is 0.281. The number of carbonyl (C=O) groups excluding carboxylic acids is 1. The summed E-state index contributed by atoms with van der Waals surface area (Å²) in [6, 6.07) is 20.7. The number of aromatic nitrogens is 2. The normalized spacial score (nSPS) is 16.1. The Bertz CT molecular complexity index is 1530. The van der Waals surface area contributed by atoms with Crippen LogP contribution in [-0.4, -0.2) is 34.3 Å². The average molecular weight is 631 g/mol. The van der Waals surface area contributed by atoms with Gasteiger partial charge < -0.3 is 10.4 Å². The molecular formula is C32H34F4N4O3S. The number of thiol groups is 1. The minimum absolute atomic E-state index is 0.172. The highest BCUT2D eigenvalue weighted by Gasteiger charge is 2.32. The van der Waals surface area contributed by atoms with Gasteiger partial charge in [-0.1, -0.05) is 61.7 Å². The lowest BCUT2D eigenvalue weighted by atomic mass is 9.77. The number of carboxylic acid groups (broad SMARTS) is 1. The summed E-state index contributed by atoms with van der Waals surface area (Å²) in [5.74, 6) is -1.63. The predicted octanol–water partition coefficient (Wildman–Crippen LogP) is 7.58. The Hall–Kier alpha value is -4.16. The fourth-order valence-electron chi connectivity index (χ4n) is 5.13. The molecule has 12 heteroatoms. The smallest absolute Gasteiger partial charge is 0.416 e. The second-order valence-electron chi connectivity index (χ2n) is 10.1. The number of benzene rings is 3. The van der Waals surface area contributed by atoms with Crippen molar-refractivity contribution in [1.82, 2.24) is 14.5 Å². The molecule has 1 aliphatic rings. The van der Waals surface area contributed by atoms with Gasteiger partial charge in [0.05, 0.1) is 16.9 Å². The average Bonchev–Trinajstić information content (AvgIpc) is 3.45. The second kappa shape index (κ2) is 16.1. The number of alkyl halides is 3. The van der Waals surface area contributed by atoms with Crippen molar-refractivity contribution in [3.63, 3.8) is 0 Å². The molecule has 2 atom stereocenters. The summed E-state index contributed by atoms with van der Waals surface area (Å²) < 4.78 is 56.9. The summed E-state index contributed by atoms with van der Waals surface area (Å²) in [6.45, 7) is -0.250. The van der Waals surface area contributed by atoms with Crippen LogP contribution in [0.3, 0.4) is 0 Å². The lowest BCUT2D eigenvalue weighted by Gasteiger charge is -2.29. The molecule has 0 aliphatic heterocycles. The van der Waals surface area contributed by atoms with Crippen LogP contribution < -0.4 is 10.0 Å².